The van der Waals surface area contributed by atoms with Crippen molar-refractivity contribution in [1.29, 1.82) is 0 Å². The van der Waals surface area contributed by atoms with E-state index in [1.54, 1.807) is 0 Å². The molecule has 3 heterocycles. The van der Waals surface area contributed by atoms with Crippen LogP contribution in [0.25, 0.3) is 98.8 Å². The molecule has 11 rings (SSSR count). The van der Waals surface area contributed by atoms with Crippen molar-refractivity contribution in [2.75, 3.05) is 0 Å². The minimum Gasteiger partial charge on any atom is -0.454 e. The maximum atomic E-state index is 6.60. The van der Waals surface area contributed by atoms with E-state index in [9.17, 15) is 0 Å². The van der Waals surface area contributed by atoms with Gasteiger partial charge >= 0.3 is 0 Å². The second kappa shape index (κ2) is 9.96. The van der Waals surface area contributed by atoms with E-state index in [4.69, 9.17) is 4.42 Å². The number of aromatic nitrogens is 2. The second-order valence-corrected chi connectivity index (χ2v) is 12.9. The minimum atomic E-state index is 0.909. The molecule has 11 aromatic rings. The van der Waals surface area contributed by atoms with E-state index in [2.05, 4.69) is 173 Å². The zero-order chi connectivity index (χ0) is 32.1. The van der Waals surface area contributed by atoms with E-state index in [-0.39, 0.29) is 0 Å². The highest BCUT2D eigenvalue weighted by atomic mass is 16.3. The molecule has 0 unspecified atom stereocenters. The summed E-state index contributed by atoms with van der Waals surface area (Å²) in [6, 6.07) is 61.3. The number of nitrogens with zero attached hydrogens (tertiary/aromatic N) is 2. The summed E-state index contributed by atoms with van der Waals surface area (Å²) in [6.07, 6.45) is 0. The van der Waals surface area contributed by atoms with Gasteiger partial charge in [-0.15, -0.1) is 0 Å². The predicted molar refractivity (Wildman–Crippen MR) is 205 cm³/mol. The summed E-state index contributed by atoms with van der Waals surface area (Å²) in [5.74, 6) is 0. The van der Waals surface area contributed by atoms with Gasteiger partial charge in [0.15, 0.2) is 5.58 Å². The fourth-order valence-corrected chi connectivity index (χ4v) is 8.12. The van der Waals surface area contributed by atoms with Crippen molar-refractivity contribution in [2.45, 2.75) is 0 Å². The van der Waals surface area contributed by atoms with Gasteiger partial charge in [0, 0.05) is 43.4 Å². The Balaban J connectivity index is 1.17. The molecular formula is C46H28N2O. The summed E-state index contributed by atoms with van der Waals surface area (Å²) < 4.78 is 11.4. The molecule has 0 saturated heterocycles. The number of benzene rings is 8. The van der Waals surface area contributed by atoms with Crippen molar-refractivity contribution in [3.63, 3.8) is 0 Å². The standard InChI is InChI=1S/C46H28N2O/c1-2-13-32(14-3-1)47-42-25-21-31(28-39(42)36-23-24-37-35-17-7-9-20-44(35)49-46(37)45(36)47)30-22-26-43-38(27-30)34-16-6-8-18-41(34)48(43)40-19-10-12-29-11-4-5-15-33(29)40/h1-28H. The largest absolute Gasteiger partial charge is 0.454 e. The average molecular weight is 625 g/mol. The SMILES string of the molecule is c1ccc(-n2c3ccc(-c4ccc5c(c4)c4ccccc4n5-c4cccc5ccccc45)cc3c3ccc4c5ccccc5oc4c32)cc1. The molecule has 0 N–H and O–H groups in total. The summed E-state index contributed by atoms with van der Waals surface area (Å²) in [5, 5.41) is 9.65. The molecule has 0 saturated carbocycles. The lowest BCUT2D eigenvalue weighted by atomic mass is 10.0. The molecule has 0 aliphatic rings. The van der Waals surface area contributed by atoms with Crippen LogP contribution in [0.3, 0.4) is 0 Å². The second-order valence-electron chi connectivity index (χ2n) is 12.9. The first kappa shape index (κ1) is 26.5. The van der Waals surface area contributed by atoms with Crippen LogP contribution in [0.15, 0.2) is 174 Å². The lowest BCUT2D eigenvalue weighted by Crippen LogP contribution is -1.95. The highest BCUT2D eigenvalue weighted by molar-refractivity contribution is 6.22. The van der Waals surface area contributed by atoms with Crippen molar-refractivity contribution in [3.05, 3.63) is 170 Å². The Morgan fingerprint density at radius 2 is 0.980 bits per heavy atom. The van der Waals surface area contributed by atoms with Gasteiger partial charge in [-0.25, -0.2) is 0 Å². The van der Waals surface area contributed by atoms with Crippen LogP contribution in [-0.4, -0.2) is 9.13 Å². The molecule has 0 aliphatic heterocycles. The average Bonchev–Trinajstić information content (AvgIpc) is 3.82. The molecule has 8 aromatic carbocycles. The quantitative estimate of drug-likeness (QED) is 0.192. The Morgan fingerprint density at radius 1 is 0.367 bits per heavy atom. The van der Waals surface area contributed by atoms with E-state index >= 15 is 0 Å². The van der Waals surface area contributed by atoms with Crippen LogP contribution in [0.1, 0.15) is 0 Å². The molecule has 0 fully saturated rings. The van der Waals surface area contributed by atoms with Gasteiger partial charge < -0.3 is 13.6 Å². The zero-order valence-electron chi connectivity index (χ0n) is 26.5. The lowest BCUT2D eigenvalue weighted by molar-refractivity contribution is 0.671. The minimum absolute atomic E-state index is 0.909. The van der Waals surface area contributed by atoms with Crippen LogP contribution in [0.2, 0.25) is 0 Å². The molecule has 49 heavy (non-hydrogen) atoms. The Kier molecular flexibility index (Phi) is 5.38. The van der Waals surface area contributed by atoms with Crippen molar-refractivity contribution in [1.82, 2.24) is 9.13 Å². The highest BCUT2D eigenvalue weighted by Gasteiger charge is 2.20. The van der Waals surface area contributed by atoms with Crippen molar-refractivity contribution >= 4 is 76.3 Å². The van der Waals surface area contributed by atoms with Crippen LogP contribution in [-0.2, 0) is 0 Å². The third-order valence-electron chi connectivity index (χ3n) is 10.3. The topological polar surface area (TPSA) is 23.0 Å². The number of fused-ring (bicyclic) bond motifs is 11. The smallest absolute Gasteiger partial charge is 0.160 e. The van der Waals surface area contributed by atoms with E-state index in [0.29, 0.717) is 0 Å². The summed E-state index contributed by atoms with van der Waals surface area (Å²) in [7, 11) is 0. The van der Waals surface area contributed by atoms with Gasteiger partial charge in [-0.1, -0.05) is 109 Å². The number of furan rings is 1. The Morgan fingerprint density at radius 3 is 1.82 bits per heavy atom. The van der Waals surface area contributed by atoms with Crippen LogP contribution < -0.4 is 0 Å². The molecule has 228 valence electrons. The van der Waals surface area contributed by atoms with Crippen LogP contribution in [0.4, 0.5) is 0 Å². The molecule has 3 aromatic heterocycles. The molecule has 3 nitrogen and oxygen atoms in total. The predicted octanol–water partition coefficient (Wildman–Crippen LogP) is 12.6. The monoisotopic (exact) mass is 624 g/mol. The van der Waals surface area contributed by atoms with Gasteiger partial charge in [0.1, 0.15) is 5.58 Å². The normalized spacial score (nSPS) is 12.1. The third kappa shape index (κ3) is 3.73. The first-order valence-electron chi connectivity index (χ1n) is 16.8. The van der Waals surface area contributed by atoms with E-state index in [1.165, 1.54) is 60.2 Å². The molecular weight excluding hydrogens is 597 g/mol. The van der Waals surface area contributed by atoms with Gasteiger partial charge in [-0.05, 0) is 77.2 Å². The summed E-state index contributed by atoms with van der Waals surface area (Å²) >= 11 is 0. The summed E-state index contributed by atoms with van der Waals surface area (Å²) in [4.78, 5) is 0. The van der Waals surface area contributed by atoms with E-state index in [1.807, 2.05) is 6.07 Å². The van der Waals surface area contributed by atoms with Gasteiger partial charge in [0.25, 0.3) is 0 Å². The van der Waals surface area contributed by atoms with E-state index in [0.717, 1.165) is 38.7 Å². The zero-order valence-corrected chi connectivity index (χ0v) is 26.5. The van der Waals surface area contributed by atoms with Crippen molar-refractivity contribution < 1.29 is 4.42 Å². The molecule has 0 spiro atoms. The van der Waals surface area contributed by atoms with E-state index < -0.39 is 0 Å². The first-order chi connectivity index (χ1) is 24.3. The van der Waals surface area contributed by atoms with Crippen LogP contribution in [0.5, 0.6) is 0 Å². The van der Waals surface area contributed by atoms with Crippen molar-refractivity contribution in [3.8, 4) is 22.5 Å². The fraction of sp³-hybridized carbons (Fsp3) is 0. The van der Waals surface area contributed by atoms with Gasteiger partial charge in [0.2, 0.25) is 0 Å². The lowest BCUT2D eigenvalue weighted by Gasteiger charge is -2.12. The number of hydrogen-bond donors (Lipinski definition) is 0. The maximum absolute atomic E-state index is 6.60. The Labute approximate surface area is 281 Å². The first-order valence-corrected chi connectivity index (χ1v) is 16.8. The molecule has 0 amide bonds. The van der Waals surface area contributed by atoms with Crippen LogP contribution in [0, 0.1) is 0 Å². The third-order valence-corrected chi connectivity index (χ3v) is 10.3. The van der Waals surface area contributed by atoms with Gasteiger partial charge in [0.05, 0.1) is 27.8 Å². The van der Waals surface area contributed by atoms with Gasteiger partial charge in [-0.2, -0.15) is 0 Å². The summed E-state index contributed by atoms with van der Waals surface area (Å²) in [6.45, 7) is 0. The van der Waals surface area contributed by atoms with Gasteiger partial charge in [-0.3, -0.25) is 0 Å². The van der Waals surface area contributed by atoms with Crippen LogP contribution >= 0.6 is 0 Å². The number of para-hydroxylation sites is 3. The maximum Gasteiger partial charge on any atom is 0.160 e. The molecule has 3 heteroatoms. The Hall–Kier alpha value is -6.58. The molecule has 0 bridgehead atoms. The fourth-order valence-electron chi connectivity index (χ4n) is 8.12. The number of rotatable bonds is 3. The Bertz CT molecular complexity index is 3100. The molecule has 0 radical (unpaired) electrons. The van der Waals surface area contributed by atoms with Crippen molar-refractivity contribution in [2.24, 2.45) is 0 Å². The highest BCUT2D eigenvalue weighted by Crippen LogP contribution is 2.42. The summed E-state index contributed by atoms with van der Waals surface area (Å²) in [5.41, 5.74) is 11.2. The number of hydrogen-bond acceptors (Lipinski definition) is 1. The molecule has 0 aliphatic carbocycles. The molecule has 0 atom stereocenters.